The molecule has 104 valence electrons. The molecule has 0 amide bonds. The van der Waals surface area contributed by atoms with Crippen molar-refractivity contribution in [3.63, 3.8) is 0 Å². The van der Waals surface area contributed by atoms with E-state index in [9.17, 15) is 14.5 Å². The van der Waals surface area contributed by atoms with Crippen molar-refractivity contribution in [2.75, 3.05) is 6.54 Å². The molecule has 2 rings (SSSR count). The SMILES string of the molecule is O=[N+]([O-])CCc1ccc(COc2ccc(F)cc2)nc1. The first kappa shape index (κ1) is 13.9. The van der Waals surface area contributed by atoms with Gasteiger partial charge in [0.15, 0.2) is 0 Å². The summed E-state index contributed by atoms with van der Waals surface area (Å²) in [6, 6.07) is 9.28. The fourth-order valence-electron chi connectivity index (χ4n) is 1.60. The van der Waals surface area contributed by atoms with E-state index in [1.54, 1.807) is 30.5 Å². The van der Waals surface area contributed by atoms with Gasteiger partial charge in [-0.1, -0.05) is 6.07 Å². The van der Waals surface area contributed by atoms with Crippen LogP contribution >= 0.6 is 0 Å². The van der Waals surface area contributed by atoms with E-state index in [2.05, 4.69) is 4.98 Å². The number of halogens is 1. The number of aromatic nitrogens is 1. The first-order valence-corrected chi connectivity index (χ1v) is 6.07. The lowest BCUT2D eigenvalue weighted by atomic mass is 10.2. The maximum absolute atomic E-state index is 12.7. The lowest BCUT2D eigenvalue weighted by molar-refractivity contribution is -0.479. The molecule has 0 aliphatic rings. The second-order valence-corrected chi connectivity index (χ2v) is 4.21. The van der Waals surface area contributed by atoms with Gasteiger partial charge in [0.1, 0.15) is 18.2 Å². The minimum absolute atomic E-state index is 0.104. The highest BCUT2D eigenvalue weighted by Crippen LogP contribution is 2.13. The van der Waals surface area contributed by atoms with Gasteiger partial charge in [-0.2, -0.15) is 0 Å². The zero-order valence-corrected chi connectivity index (χ0v) is 10.7. The van der Waals surface area contributed by atoms with Gasteiger partial charge in [-0.25, -0.2) is 4.39 Å². The standard InChI is InChI=1S/C14H13FN2O3/c15-12-2-5-14(6-3-12)20-10-13-4-1-11(9-16-13)7-8-17(18)19/h1-6,9H,7-8,10H2. The van der Waals surface area contributed by atoms with Crippen LogP contribution < -0.4 is 4.74 Å². The van der Waals surface area contributed by atoms with Crippen molar-refractivity contribution in [1.29, 1.82) is 0 Å². The summed E-state index contributed by atoms with van der Waals surface area (Å²) in [5.41, 5.74) is 1.52. The molecular weight excluding hydrogens is 263 g/mol. The Bertz CT molecular complexity index is 570. The monoisotopic (exact) mass is 276 g/mol. The van der Waals surface area contributed by atoms with Crippen LogP contribution in [0.15, 0.2) is 42.6 Å². The van der Waals surface area contributed by atoms with Crippen LogP contribution in [0.2, 0.25) is 0 Å². The number of hydrogen-bond donors (Lipinski definition) is 0. The Kier molecular flexibility index (Phi) is 4.60. The Morgan fingerprint density at radius 3 is 2.55 bits per heavy atom. The summed E-state index contributed by atoms with van der Waals surface area (Å²) in [7, 11) is 0. The Labute approximate surface area is 115 Å². The molecule has 20 heavy (non-hydrogen) atoms. The van der Waals surface area contributed by atoms with Gasteiger partial charge in [-0.05, 0) is 35.9 Å². The highest BCUT2D eigenvalue weighted by atomic mass is 19.1. The molecule has 0 saturated heterocycles. The molecule has 0 bridgehead atoms. The molecule has 0 saturated carbocycles. The zero-order valence-electron chi connectivity index (χ0n) is 10.7. The van der Waals surface area contributed by atoms with Crippen LogP contribution in [-0.4, -0.2) is 16.5 Å². The number of hydrogen-bond acceptors (Lipinski definition) is 4. The van der Waals surface area contributed by atoms with Gasteiger partial charge in [0, 0.05) is 17.5 Å². The maximum atomic E-state index is 12.7. The topological polar surface area (TPSA) is 65.3 Å². The molecule has 0 spiro atoms. The van der Waals surface area contributed by atoms with Crippen LogP contribution in [0.5, 0.6) is 5.75 Å². The normalized spacial score (nSPS) is 10.2. The van der Waals surface area contributed by atoms with E-state index in [1.807, 2.05) is 0 Å². The first-order chi connectivity index (χ1) is 9.63. The highest BCUT2D eigenvalue weighted by Gasteiger charge is 2.02. The molecular formula is C14H13FN2O3. The Morgan fingerprint density at radius 2 is 1.95 bits per heavy atom. The third kappa shape index (κ3) is 4.31. The van der Waals surface area contributed by atoms with Crippen molar-refractivity contribution in [2.45, 2.75) is 13.0 Å². The van der Waals surface area contributed by atoms with Crippen molar-refractivity contribution >= 4 is 0 Å². The summed E-state index contributed by atoms with van der Waals surface area (Å²) in [6.07, 6.45) is 1.96. The van der Waals surface area contributed by atoms with Crippen LogP contribution in [-0.2, 0) is 13.0 Å². The highest BCUT2D eigenvalue weighted by molar-refractivity contribution is 5.22. The molecule has 0 N–H and O–H groups in total. The van der Waals surface area contributed by atoms with E-state index < -0.39 is 0 Å². The fraction of sp³-hybridized carbons (Fsp3) is 0.214. The van der Waals surface area contributed by atoms with Gasteiger partial charge in [-0.15, -0.1) is 0 Å². The average molecular weight is 276 g/mol. The molecule has 1 aromatic heterocycles. The van der Waals surface area contributed by atoms with Gasteiger partial charge in [0.25, 0.3) is 0 Å². The van der Waals surface area contributed by atoms with E-state index in [0.29, 0.717) is 17.9 Å². The molecule has 0 aliphatic carbocycles. The van der Waals surface area contributed by atoms with Gasteiger partial charge < -0.3 is 4.74 Å². The summed E-state index contributed by atoms with van der Waals surface area (Å²) in [4.78, 5) is 14.1. The van der Waals surface area contributed by atoms with Crippen LogP contribution in [0.3, 0.4) is 0 Å². The zero-order chi connectivity index (χ0) is 14.4. The third-order valence-electron chi connectivity index (χ3n) is 2.67. The van der Waals surface area contributed by atoms with Gasteiger partial charge in [-0.3, -0.25) is 15.1 Å². The van der Waals surface area contributed by atoms with Crippen molar-refractivity contribution in [3.05, 3.63) is 69.8 Å². The van der Waals surface area contributed by atoms with Crippen molar-refractivity contribution in [2.24, 2.45) is 0 Å². The second-order valence-electron chi connectivity index (χ2n) is 4.21. The molecule has 5 nitrogen and oxygen atoms in total. The fourth-order valence-corrected chi connectivity index (χ4v) is 1.60. The molecule has 0 radical (unpaired) electrons. The number of pyridine rings is 1. The number of ether oxygens (including phenoxy) is 1. The predicted molar refractivity (Wildman–Crippen MR) is 70.5 cm³/mol. The Hall–Kier alpha value is -2.50. The van der Waals surface area contributed by atoms with Crippen LogP contribution in [0, 0.1) is 15.9 Å². The number of rotatable bonds is 6. The summed E-state index contributed by atoms with van der Waals surface area (Å²) in [5, 5.41) is 10.3. The molecule has 1 heterocycles. The maximum Gasteiger partial charge on any atom is 0.207 e. The van der Waals surface area contributed by atoms with E-state index in [-0.39, 0.29) is 23.9 Å². The minimum atomic E-state index is -0.356. The summed E-state index contributed by atoms with van der Waals surface area (Å²) in [6.45, 7) is 0.161. The molecule has 0 aliphatic heterocycles. The predicted octanol–water partition coefficient (Wildman–Crippen LogP) is 2.62. The Morgan fingerprint density at radius 1 is 1.20 bits per heavy atom. The number of nitro groups is 1. The van der Waals surface area contributed by atoms with Crippen LogP contribution in [0.4, 0.5) is 4.39 Å². The van der Waals surface area contributed by atoms with Gasteiger partial charge in [0.05, 0.1) is 5.69 Å². The quantitative estimate of drug-likeness (QED) is 0.601. The summed E-state index contributed by atoms with van der Waals surface area (Å²) < 4.78 is 18.2. The van der Waals surface area contributed by atoms with E-state index in [0.717, 1.165) is 5.56 Å². The van der Waals surface area contributed by atoms with Gasteiger partial charge >= 0.3 is 0 Å². The number of benzene rings is 1. The van der Waals surface area contributed by atoms with Crippen LogP contribution in [0.25, 0.3) is 0 Å². The smallest absolute Gasteiger partial charge is 0.207 e. The summed E-state index contributed by atoms with van der Waals surface area (Å²) in [5.74, 6) is 0.247. The number of nitrogens with zero attached hydrogens (tertiary/aromatic N) is 2. The van der Waals surface area contributed by atoms with E-state index >= 15 is 0 Å². The molecule has 2 aromatic rings. The molecule has 1 aromatic carbocycles. The first-order valence-electron chi connectivity index (χ1n) is 6.07. The second kappa shape index (κ2) is 6.60. The molecule has 0 fully saturated rings. The Balaban J connectivity index is 1.87. The molecule has 6 heteroatoms. The third-order valence-corrected chi connectivity index (χ3v) is 2.67. The molecule has 0 atom stereocenters. The summed E-state index contributed by atoms with van der Waals surface area (Å²) >= 11 is 0. The van der Waals surface area contributed by atoms with Crippen molar-refractivity contribution in [1.82, 2.24) is 4.98 Å². The lowest BCUT2D eigenvalue weighted by Crippen LogP contribution is -2.05. The van der Waals surface area contributed by atoms with Gasteiger partial charge in [0.2, 0.25) is 6.54 Å². The van der Waals surface area contributed by atoms with Crippen molar-refractivity contribution < 1.29 is 14.1 Å². The van der Waals surface area contributed by atoms with Crippen molar-refractivity contribution in [3.8, 4) is 5.75 Å². The lowest BCUT2D eigenvalue weighted by Gasteiger charge is -2.06. The largest absolute Gasteiger partial charge is 0.487 e. The van der Waals surface area contributed by atoms with E-state index in [4.69, 9.17) is 4.74 Å². The molecule has 0 unspecified atom stereocenters. The van der Waals surface area contributed by atoms with Crippen LogP contribution in [0.1, 0.15) is 11.3 Å². The minimum Gasteiger partial charge on any atom is -0.487 e. The van der Waals surface area contributed by atoms with E-state index in [1.165, 1.54) is 12.1 Å². The average Bonchev–Trinajstić information content (AvgIpc) is 2.45.